The van der Waals surface area contributed by atoms with Crippen molar-refractivity contribution in [3.63, 3.8) is 0 Å². The van der Waals surface area contributed by atoms with Crippen molar-refractivity contribution in [2.24, 2.45) is 17.6 Å². The highest BCUT2D eigenvalue weighted by Gasteiger charge is 2.30. The second-order valence-corrected chi connectivity index (χ2v) is 6.07. The average Bonchev–Trinajstić information content (AvgIpc) is 2.55. The molecule has 2 fully saturated rings. The smallest absolute Gasteiger partial charge is 0.0636 e. The van der Waals surface area contributed by atoms with Crippen molar-refractivity contribution in [3.8, 4) is 0 Å². The largest absolute Gasteiger partial charge is 0.380 e. The van der Waals surface area contributed by atoms with Crippen LogP contribution in [0.2, 0.25) is 0 Å². The molecule has 0 spiro atoms. The van der Waals surface area contributed by atoms with Crippen LogP contribution in [0.4, 0.5) is 0 Å². The Balaban J connectivity index is 1.89. The standard InChI is InChI=1S/C14H28N2O/c1-11(2)12-4-3-7-16(8-5-12)14-10-17-9-6-13(14)15/h11-14H,3-10,15H2,1-2H3. The summed E-state index contributed by atoms with van der Waals surface area (Å²) in [5.41, 5.74) is 6.23. The third-order valence-electron chi connectivity index (χ3n) is 4.60. The maximum atomic E-state index is 6.23. The molecule has 0 saturated carbocycles. The fraction of sp³-hybridized carbons (Fsp3) is 1.00. The lowest BCUT2D eigenvalue weighted by Gasteiger charge is -2.37. The van der Waals surface area contributed by atoms with E-state index in [0.717, 1.165) is 31.5 Å². The summed E-state index contributed by atoms with van der Waals surface area (Å²) in [5.74, 6) is 1.73. The molecular weight excluding hydrogens is 212 g/mol. The van der Waals surface area contributed by atoms with Gasteiger partial charge in [0.15, 0.2) is 0 Å². The van der Waals surface area contributed by atoms with Crippen LogP contribution in [0.15, 0.2) is 0 Å². The number of rotatable bonds is 2. The minimum Gasteiger partial charge on any atom is -0.380 e. The van der Waals surface area contributed by atoms with Crippen LogP contribution < -0.4 is 5.73 Å². The number of likely N-dealkylation sites (tertiary alicyclic amines) is 1. The summed E-state index contributed by atoms with van der Waals surface area (Å²) in [7, 11) is 0. The summed E-state index contributed by atoms with van der Waals surface area (Å²) in [6.07, 6.45) is 5.07. The van der Waals surface area contributed by atoms with Crippen molar-refractivity contribution in [2.75, 3.05) is 26.3 Å². The van der Waals surface area contributed by atoms with Crippen LogP contribution in [-0.4, -0.2) is 43.3 Å². The molecule has 2 rings (SSSR count). The van der Waals surface area contributed by atoms with Gasteiger partial charge in [0.25, 0.3) is 0 Å². The Bertz CT molecular complexity index is 232. The van der Waals surface area contributed by atoms with Gasteiger partial charge in [-0.15, -0.1) is 0 Å². The summed E-state index contributed by atoms with van der Waals surface area (Å²) in [4.78, 5) is 2.59. The molecule has 100 valence electrons. The monoisotopic (exact) mass is 240 g/mol. The lowest BCUT2D eigenvalue weighted by Crippen LogP contribution is -2.53. The molecule has 0 aromatic heterocycles. The van der Waals surface area contributed by atoms with Crippen molar-refractivity contribution in [3.05, 3.63) is 0 Å². The molecule has 3 atom stereocenters. The molecule has 0 bridgehead atoms. The normalized spacial score (nSPS) is 37.1. The first-order chi connectivity index (χ1) is 8.18. The Morgan fingerprint density at radius 2 is 2.00 bits per heavy atom. The topological polar surface area (TPSA) is 38.5 Å². The van der Waals surface area contributed by atoms with Crippen LogP contribution >= 0.6 is 0 Å². The lowest BCUT2D eigenvalue weighted by atomic mass is 9.89. The van der Waals surface area contributed by atoms with Crippen molar-refractivity contribution in [1.29, 1.82) is 0 Å². The van der Waals surface area contributed by atoms with Crippen LogP contribution in [0.3, 0.4) is 0 Å². The van der Waals surface area contributed by atoms with Crippen LogP contribution in [0.5, 0.6) is 0 Å². The molecule has 2 aliphatic heterocycles. The zero-order valence-electron chi connectivity index (χ0n) is 11.4. The van der Waals surface area contributed by atoms with Gasteiger partial charge < -0.3 is 10.5 Å². The molecule has 2 N–H and O–H groups in total. The van der Waals surface area contributed by atoms with Gasteiger partial charge in [0.1, 0.15) is 0 Å². The van der Waals surface area contributed by atoms with E-state index in [9.17, 15) is 0 Å². The number of nitrogens with two attached hydrogens (primary N) is 1. The third-order valence-corrected chi connectivity index (χ3v) is 4.60. The Labute approximate surface area is 106 Å². The molecule has 3 nitrogen and oxygen atoms in total. The highest BCUT2D eigenvalue weighted by Crippen LogP contribution is 2.26. The molecule has 0 radical (unpaired) electrons. The summed E-state index contributed by atoms with van der Waals surface area (Å²) in [5, 5.41) is 0. The minimum atomic E-state index is 0.319. The number of nitrogens with zero attached hydrogens (tertiary/aromatic N) is 1. The van der Waals surface area contributed by atoms with Gasteiger partial charge in [-0.1, -0.05) is 13.8 Å². The molecule has 2 heterocycles. The van der Waals surface area contributed by atoms with Crippen LogP contribution in [-0.2, 0) is 4.74 Å². The van der Waals surface area contributed by atoms with Crippen molar-refractivity contribution in [1.82, 2.24) is 4.90 Å². The van der Waals surface area contributed by atoms with E-state index in [0.29, 0.717) is 12.1 Å². The molecule has 17 heavy (non-hydrogen) atoms. The predicted octanol–water partition coefficient (Wildman–Crippen LogP) is 1.86. The van der Waals surface area contributed by atoms with Gasteiger partial charge in [-0.05, 0) is 50.6 Å². The van der Waals surface area contributed by atoms with Gasteiger partial charge in [0.2, 0.25) is 0 Å². The summed E-state index contributed by atoms with van der Waals surface area (Å²) in [6.45, 7) is 8.83. The van der Waals surface area contributed by atoms with E-state index in [1.165, 1.54) is 32.4 Å². The zero-order chi connectivity index (χ0) is 12.3. The minimum absolute atomic E-state index is 0.319. The van der Waals surface area contributed by atoms with E-state index in [2.05, 4.69) is 18.7 Å². The second-order valence-electron chi connectivity index (χ2n) is 6.07. The number of hydrogen-bond donors (Lipinski definition) is 1. The van der Waals surface area contributed by atoms with Crippen LogP contribution in [0.1, 0.15) is 39.5 Å². The van der Waals surface area contributed by atoms with Crippen molar-refractivity contribution >= 4 is 0 Å². The van der Waals surface area contributed by atoms with Gasteiger partial charge >= 0.3 is 0 Å². The molecule has 0 amide bonds. The molecule has 0 aliphatic carbocycles. The maximum Gasteiger partial charge on any atom is 0.0636 e. The quantitative estimate of drug-likeness (QED) is 0.800. The molecule has 2 aliphatic rings. The maximum absolute atomic E-state index is 6.23. The van der Waals surface area contributed by atoms with E-state index < -0.39 is 0 Å². The van der Waals surface area contributed by atoms with E-state index >= 15 is 0 Å². The van der Waals surface area contributed by atoms with Crippen molar-refractivity contribution < 1.29 is 4.74 Å². The number of hydrogen-bond acceptors (Lipinski definition) is 3. The summed E-state index contributed by atoms with van der Waals surface area (Å²) < 4.78 is 5.60. The lowest BCUT2D eigenvalue weighted by molar-refractivity contribution is 0.00649. The van der Waals surface area contributed by atoms with Crippen molar-refractivity contribution in [2.45, 2.75) is 51.6 Å². The Kier molecular flexibility index (Phi) is 4.83. The third kappa shape index (κ3) is 3.43. The average molecular weight is 240 g/mol. The van der Waals surface area contributed by atoms with Crippen LogP contribution in [0, 0.1) is 11.8 Å². The Morgan fingerprint density at radius 1 is 1.18 bits per heavy atom. The number of ether oxygens (including phenoxy) is 1. The van der Waals surface area contributed by atoms with Gasteiger partial charge in [-0.25, -0.2) is 0 Å². The zero-order valence-corrected chi connectivity index (χ0v) is 11.4. The Morgan fingerprint density at radius 3 is 2.71 bits per heavy atom. The van der Waals surface area contributed by atoms with Gasteiger partial charge in [0, 0.05) is 18.7 Å². The first-order valence-electron chi connectivity index (χ1n) is 7.26. The molecule has 0 aromatic carbocycles. The van der Waals surface area contributed by atoms with E-state index in [-0.39, 0.29) is 0 Å². The second kappa shape index (κ2) is 6.17. The SMILES string of the molecule is CC(C)C1CCCN(C2COCCC2N)CC1. The fourth-order valence-corrected chi connectivity index (χ4v) is 3.26. The first kappa shape index (κ1) is 13.3. The van der Waals surface area contributed by atoms with E-state index in [1.54, 1.807) is 0 Å². The fourth-order valence-electron chi connectivity index (χ4n) is 3.26. The molecular formula is C14H28N2O. The van der Waals surface area contributed by atoms with Gasteiger partial charge in [-0.2, -0.15) is 0 Å². The first-order valence-corrected chi connectivity index (χ1v) is 7.26. The molecule has 3 heteroatoms. The highest BCUT2D eigenvalue weighted by atomic mass is 16.5. The van der Waals surface area contributed by atoms with Crippen LogP contribution in [0.25, 0.3) is 0 Å². The van der Waals surface area contributed by atoms with E-state index in [1.807, 2.05) is 0 Å². The van der Waals surface area contributed by atoms with E-state index in [4.69, 9.17) is 10.5 Å². The summed E-state index contributed by atoms with van der Waals surface area (Å²) in [6, 6.07) is 0.786. The molecule has 2 saturated heterocycles. The highest BCUT2D eigenvalue weighted by molar-refractivity contribution is 4.86. The molecule has 0 aromatic rings. The molecule has 3 unspecified atom stereocenters. The van der Waals surface area contributed by atoms with Gasteiger partial charge in [0.05, 0.1) is 6.61 Å². The summed E-state index contributed by atoms with van der Waals surface area (Å²) >= 11 is 0. The predicted molar refractivity (Wildman–Crippen MR) is 71.0 cm³/mol. The van der Waals surface area contributed by atoms with Gasteiger partial charge in [-0.3, -0.25) is 4.90 Å². The Hall–Kier alpha value is -0.120.